The van der Waals surface area contributed by atoms with Crippen LogP contribution in [0, 0.1) is 11.8 Å². The summed E-state index contributed by atoms with van der Waals surface area (Å²) in [6, 6.07) is 0. The molecule has 17 heavy (non-hydrogen) atoms. The van der Waals surface area contributed by atoms with Gasteiger partial charge >= 0.3 is 5.97 Å². The molecule has 0 spiro atoms. The van der Waals surface area contributed by atoms with E-state index in [1.807, 2.05) is 0 Å². The van der Waals surface area contributed by atoms with Crippen LogP contribution in [0.25, 0.3) is 0 Å². The van der Waals surface area contributed by atoms with E-state index in [1.54, 1.807) is 27.9 Å². The summed E-state index contributed by atoms with van der Waals surface area (Å²) in [7, 11) is 3.48. The molecular formula is C11H23N2O4+. The van der Waals surface area contributed by atoms with E-state index in [-0.39, 0.29) is 10.5 Å². The minimum absolute atomic E-state index is 0.118. The molecule has 0 radical (unpaired) electrons. The molecule has 1 amide bonds. The molecule has 3 N–H and O–H groups in total. The first-order valence-corrected chi connectivity index (χ1v) is 5.63. The molecule has 0 aliphatic rings. The Bertz CT molecular complexity index is 289. The number of carboxylic acid groups (broad SMARTS) is 1. The molecule has 100 valence electrons. The second-order valence-corrected chi connectivity index (χ2v) is 5.11. The fourth-order valence-corrected chi connectivity index (χ4v) is 1.55. The first-order valence-electron chi connectivity index (χ1n) is 5.63. The molecular weight excluding hydrogens is 224 g/mol. The van der Waals surface area contributed by atoms with E-state index in [1.165, 1.54) is 6.92 Å². The number of likely N-dealkylation sites (N-methyl/N-ethyl adjacent to an activating group) is 1. The normalized spacial score (nSPS) is 17.1. The fraction of sp³-hybridized carbons (Fsp3) is 0.818. The van der Waals surface area contributed by atoms with Crippen molar-refractivity contribution in [1.29, 1.82) is 0 Å². The number of hydrogen-bond acceptors (Lipinski definition) is 3. The van der Waals surface area contributed by atoms with Crippen LogP contribution in [0.1, 0.15) is 20.8 Å². The van der Waals surface area contributed by atoms with E-state index < -0.39 is 23.9 Å². The molecule has 0 aliphatic heterocycles. The van der Waals surface area contributed by atoms with Crippen LogP contribution in [0.3, 0.4) is 0 Å². The molecule has 0 aromatic carbocycles. The van der Waals surface area contributed by atoms with Crippen LogP contribution in [0.15, 0.2) is 0 Å². The number of aliphatic carboxylic acids is 1. The van der Waals surface area contributed by atoms with Gasteiger partial charge in [-0.05, 0) is 6.92 Å². The van der Waals surface area contributed by atoms with Crippen LogP contribution in [-0.4, -0.2) is 53.4 Å². The summed E-state index contributed by atoms with van der Waals surface area (Å²) in [6.45, 7) is 5.08. The smallest absolute Gasteiger partial charge is 0.307 e. The molecule has 0 aromatic rings. The van der Waals surface area contributed by atoms with Crippen LogP contribution in [0.4, 0.5) is 0 Å². The van der Waals surface area contributed by atoms with Gasteiger partial charge in [0.05, 0.1) is 25.9 Å². The molecule has 0 rings (SSSR count). The number of nitrogens with zero attached hydrogens (tertiary/aromatic N) is 1. The molecule has 0 aliphatic carbocycles. The number of aliphatic hydroxyl groups excluding tert-OH is 1. The molecule has 6 nitrogen and oxygen atoms in total. The van der Waals surface area contributed by atoms with Crippen molar-refractivity contribution in [3.8, 4) is 0 Å². The van der Waals surface area contributed by atoms with E-state index in [0.717, 1.165) is 0 Å². The predicted molar refractivity (Wildman–Crippen MR) is 62.8 cm³/mol. The van der Waals surface area contributed by atoms with Gasteiger partial charge in [-0.1, -0.05) is 13.8 Å². The third-order valence-corrected chi connectivity index (χ3v) is 2.69. The second kappa shape index (κ2) is 5.97. The van der Waals surface area contributed by atoms with Gasteiger partial charge in [0.25, 0.3) is 5.91 Å². The quantitative estimate of drug-likeness (QED) is 0.449. The SMILES string of the molecule is CC(O)C[N+](C)(C)NC(=O)C(C)C(C)C(=O)O. The summed E-state index contributed by atoms with van der Waals surface area (Å²) in [4.78, 5) is 22.6. The van der Waals surface area contributed by atoms with Gasteiger partial charge in [0, 0.05) is 0 Å². The zero-order chi connectivity index (χ0) is 13.8. The summed E-state index contributed by atoms with van der Waals surface area (Å²) < 4.78 is 0.118. The first-order chi connectivity index (χ1) is 7.57. The minimum Gasteiger partial charge on any atom is -0.481 e. The van der Waals surface area contributed by atoms with Crippen molar-refractivity contribution in [2.75, 3.05) is 20.6 Å². The number of amides is 1. The van der Waals surface area contributed by atoms with Gasteiger partial charge in [-0.15, -0.1) is 0 Å². The van der Waals surface area contributed by atoms with Crippen LogP contribution < -0.4 is 5.43 Å². The lowest BCUT2D eigenvalue weighted by atomic mass is 9.96. The number of nitrogens with one attached hydrogen (secondary N) is 1. The van der Waals surface area contributed by atoms with Crippen LogP contribution in [-0.2, 0) is 9.59 Å². The second-order valence-electron chi connectivity index (χ2n) is 5.11. The predicted octanol–water partition coefficient (Wildman–Crippen LogP) is -0.168. The van der Waals surface area contributed by atoms with E-state index in [4.69, 9.17) is 5.11 Å². The van der Waals surface area contributed by atoms with Crippen molar-refractivity contribution in [3.63, 3.8) is 0 Å². The van der Waals surface area contributed by atoms with Gasteiger partial charge in [0.2, 0.25) is 0 Å². The number of hydrogen-bond donors (Lipinski definition) is 3. The largest absolute Gasteiger partial charge is 0.481 e. The van der Waals surface area contributed by atoms with Crippen molar-refractivity contribution in [3.05, 3.63) is 0 Å². The molecule has 0 fully saturated rings. The summed E-state index contributed by atoms with van der Waals surface area (Å²) in [5, 5.41) is 18.1. The Labute approximate surface area is 102 Å². The van der Waals surface area contributed by atoms with Gasteiger partial charge in [0.15, 0.2) is 0 Å². The lowest BCUT2D eigenvalue weighted by Gasteiger charge is -2.31. The summed E-state index contributed by atoms with van der Waals surface area (Å²) in [5.74, 6) is -2.67. The van der Waals surface area contributed by atoms with Crippen molar-refractivity contribution in [1.82, 2.24) is 5.43 Å². The van der Waals surface area contributed by atoms with Crippen molar-refractivity contribution in [2.45, 2.75) is 26.9 Å². The summed E-state index contributed by atoms with van der Waals surface area (Å²) >= 11 is 0. The van der Waals surface area contributed by atoms with Gasteiger partial charge in [-0.25, -0.2) is 10.0 Å². The van der Waals surface area contributed by atoms with Crippen molar-refractivity contribution >= 4 is 11.9 Å². The Morgan fingerprint density at radius 1 is 1.18 bits per heavy atom. The summed E-state index contributed by atoms with van der Waals surface area (Å²) in [5.41, 5.74) is 2.70. The fourth-order valence-electron chi connectivity index (χ4n) is 1.55. The number of rotatable bonds is 6. The Morgan fingerprint density at radius 2 is 1.65 bits per heavy atom. The average molecular weight is 247 g/mol. The highest BCUT2D eigenvalue weighted by molar-refractivity contribution is 5.83. The molecule has 3 unspecified atom stereocenters. The number of carbonyl (C=O) groups excluding carboxylic acids is 1. The number of quaternary nitrogens is 1. The molecule has 3 atom stereocenters. The highest BCUT2D eigenvalue weighted by atomic mass is 16.4. The lowest BCUT2D eigenvalue weighted by Crippen LogP contribution is -2.58. The highest BCUT2D eigenvalue weighted by Gasteiger charge is 2.30. The Balaban J connectivity index is 4.48. The maximum absolute atomic E-state index is 11.8. The van der Waals surface area contributed by atoms with Crippen LogP contribution >= 0.6 is 0 Å². The molecule has 0 heterocycles. The zero-order valence-electron chi connectivity index (χ0n) is 11.1. The molecule has 0 bridgehead atoms. The van der Waals surface area contributed by atoms with Gasteiger partial charge in [-0.3, -0.25) is 9.59 Å². The van der Waals surface area contributed by atoms with Crippen LogP contribution in [0.5, 0.6) is 0 Å². The number of carbonyl (C=O) groups is 2. The van der Waals surface area contributed by atoms with E-state index >= 15 is 0 Å². The monoisotopic (exact) mass is 247 g/mol. The molecule has 0 saturated carbocycles. The zero-order valence-corrected chi connectivity index (χ0v) is 11.1. The standard InChI is InChI=1S/C11H22N2O4/c1-7(14)6-13(4,5)12-10(15)8(2)9(3)11(16)17/h7-9,14H,6H2,1-5H3,(H-,12,15,16,17)/p+1. The maximum atomic E-state index is 11.8. The molecule has 0 aromatic heterocycles. The Kier molecular flexibility index (Phi) is 5.57. The van der Waals surface area contributed by atoms with Gasteiger partial charge in [0.1, 0.15) is 12.6 Å². The van der Waals surface area contributed by atoms with E-state index in [2.05, 4.69) is 5.43 Å². The van der Waals surface area contributed by atoms with E-state index in [0.29, 0.717) is 6.54 Å². The first kappa shape index (κ1) is 15.9. The molecule has 6 heteroatoms. The summed E-state index contributed by atoms with van der Waals surface area (Å²) in [6.07, 6.45) is -0.544. The Hall–Kier alpha value is -1.14. The Morgan fingerprint density at radius 3 is 2.00 bits per heavy atom. The number of aliphatic hydroxyl groups is 1. The third-order valence-electron chi connectivity index (χ3n) is 2.69. The molecule has 0 saturated heterocycles. The van der Waals surface area contributed by atoms with Gasteiger partial charge in [-0.2, -0.15) is 0 Å². The number of carboxylic acids is 1. The van der Waals surface area contributed by atoms with E-state index in [9.17, 15) is 14.7 Å². The topological polar surface area (TPSA) is 86.6 Å². The van der Waals surface area contributed by atoms with Gasteiger partial charge < -0.3 is 10.2 Å². The van der Waals surface area contributed by atoms with Crippen molar-refractivity contribution in [2.24, 2.45) is 11.8 Å². The highest BCUT2D eigenvalue weighted by Crippen LogP contribution is 2.12. The maximum Gasteiger partial charge on any atom is 0.307 e. The van der Waals surface area contributed by atoms with Crippen LogP contribution in [0.2, 0.25) is 0 Å². The average Bonchev–Trinajstić information content (AvgIpc) is 2.11. The minimum atomic E-state index is -0.992. The lowest BCUT2D eigenvalue weighted by molar-refractivity contribution is -0.927. The third kappa shape index (κ3) is 5.65. The van der Waals surface area contributed by atoms with Crippen molar-refractivity contribution < 1.29 is 24.4 Å².